The maximum atomic E-state index is 11.8. The molecule has 114 valence electrons. The highest BCUT2D eigenvalue weighted by Crippen LogP contribution is 2.36. The van der Waals surface area contributed by atoms with E-state index < -0.39 is 0 Å². The van der Waals surface area contributed by atoms with Gasteiger partial charge in [0.1, 0.15) is 6.61 Å². The lowest BCUT2D eigenvalue weighted by Gasteiger charge is -2.35. The topological polar surface area (TPSA) is 56.8 Å². The van der Waals surface area contributed by atoms with Gasteiger partial charge in [-0.2, -0.15) is 0 Å². The summed E-state index contributed by atoms with van der Waals surface area (Å²) in [5, 5.41) is 2.82. The number of amides is 1. The summed E-state index contributed by atoms with van der Waals surface area (Å²) in [6.07, 6.45) is 3.55. The van der Waals surface area contributed by atoms with Gasteiger partial charge in [-0.15, -0.1) is 0 Å². The van der Waals surface area contributed by atoms with Crippen molar-refractivity contribution in [1.29, 1.82) is 0 Å². The normalized spacial score (nSPS) is 21.5. The molecular weight excluding hydrogens is 270 g/mol. The minimum atomic E-state index is -0.369. The fourth-order valence-corrected chi connectivity index (χ4v) is 2.90. The van der Waals surface area contributed by atoms with Gasteiger partial charge in [-0.3, -0.25) is 4.79 Å². The highest BCUT2D eigenvalue weighted by Gasteiger charge is 2.40. The first-order valence-corrected chi connectivity index (χ1v) is 7.50. The van der Waals surface area contributed by atoms with E-state index in [9.17, 15) is 4.79 Å². The minimum absolute atomic E-state index is 0.0915. The van der Waals surface area contributed by atoms with E-state index in [1.54, 1.807) is 0 Å². The maximum absolute atomic E-state index is 11.8. The first-order valence-electron chi connectivity index (χ1n) is 7.50. The summed E-state index contributed by atoms with van der Waals surface area (Å²) in [6, 6.07) is 9.41. The summed E-state index contributed by atoms with van der Waals surface area (Å²) in [5.74, 6) is -0.485. The monoisotopic (exact) mass is 291 g/mol. The highest BCUT2D eigenvalue weighted by molar-refractivity contribution is 5.91. The van der Waals surface area contributed by atoms with Crippen molar-refractivity contribution in [3.05, 3.63) is 30.3 Å². The fraction of sp³-hybridized carbons (Fsp3) is 0.562. The Labute approximate surface area is 124 Å². The van der Waals surface area contributed by atoms with Crippen LogP contribution >= 0.6 is 0 Å². The lowest BCUT2D eigenvalue weighted by atomic mass is 9.92. The molecule has 0 atom stereocenters. The van der Waals surface area contributed by atoms with Crippen LogP contribution in [0.25, 0.3) is 0 Å². The number of para-hydroxylation sites is 1. The second kappa shape index (κ2) is 6.56. The van der Waals surface area contributed by atoms with E-state index in [4.69, 9.17) is 14.2 Å². The second-order valence-corrected chi connectivity index (χ2v) is 5.53. The zero-order valence-electron chi connectivity index (χ0n) is 12.0. The highest BCUT2D eigenvalue weighted by atomic mass is 16.7. The molecule has 0 unspecified atom stereocenters. The van der Waals surface area contributed by atoms with Crippen molar-refractivity contribution in [2.75, 3.05) is 25.1 Å². The lowest BCUT2D eigenvalue weighted by Crippen LogP contribution is -2.38. The Kier molecular flexibility index (Phi) is 4.53. The van der Waals surface area contributed by atoms with E-state index in [-0.39, 0.29) is 24.4 Å². The van der Waals surface area contributed by atoms with Gasteiger partial charge < -0.3 is 19.5 Å². The summed E-state index contributed by atoms with van der Waals surface area (Å²) >= 11 is 0. The van der Waals surface area contributed by atoms with Crippen LogP contribution in [-0.2, 0) is 19.0 Å². The van der Waals surface area contributed by atoms with Gasteiger partial charge in [0, 0.05) is 18.5 Å². The first-order chi connectivity index (χ1) is 10.3. The molecule has 0 bridgehead atoms. The Morgan fingerprint density at radius 3 is 2.52 bits per heavy atom. The molecule has 1 spiro atoms. The predicted molar refractivity (Wildman–Crippen MR) is 77.9 cm³/mol. The molecule has 1 heterocycles. The number of hydrogen-bond donors (Lipinski definition) is 1. The van der Waals surface area contributed by atoms with E-state index in [2.05, 4.69) is 5.32 Å². The smallest absolute Gasteiger partial charge is 0.250 e. The number of benzene rings is 1. The molecule has 1 saturated heterocycles. The van der Waals surface area contributed by atoms with Gasteiger partial charge in [0.25, 0.3) is 0 Å². The summed E-state index contributed by atoms with van der Waals surface area (Å²) in [6.45, 7) is 1.46. The molecule has 0 radical (unpaired) electrons. The lowest BCUT2D eigenvalue weighted by molar-refractivity contribution is -0.191. The molecule has 0 aromatic heterocycles. The third-order valence-corrected chi connectivity index (χ3v) is 4.02. The van der Waals surface area contributed by atoms with Crippen molar-refractivity contribution in [1.82, 2.24) is 0 Å². The quantitative estimate of drug-likeness (QED) is 0.925. The van der Waals surface area contributed by atoms with Crippen LogP contribution in [0.1, 0.15) is 25.7 Å². The van der Waals surface area contributed by atoms with E-state index >= 15 is 0 Å². The van der Waals surface area contributed by atoms with Crippen molar-refractivity contribution < 1.29 is 19.0 Å². The third-order valence-electron chi connectivity index (χ3n) is 4.02. The molecular formula is C16H21NO4. The summed E-state index contributed by atoms with van der Waals surface area (Å²) in [5.41, 5.74) is 0.793. The molecule has 3 rings (SSSR count). The molecule has 1 N–H and O–H groups in total. The van der Waals surface area contributed by atoms with Crippen LogP contribution < -0.4 is 5.32 Å². The van der Waals surface area contributed by atoms with E-state index in [0.717, 1.165) is 31.4 Å². The Bertz CT molecular complexity index is 460. The molecule has 1 saturated carbocycles. The molecule has 1 aromatic rings. The summed E-state index contributed by atoms with van der Waals surface area (Å²) in [7, 11) is 0. The zero-order chi connectivity index (χ0) is 14.5. The van der Waals surface area contributed by atoms with Crippen molar-refractivity contribution in [3.8, 4) is 0 Å². The molecule has 1 aliphatic carbocycles. The number of carbonyl (C=O) groups is 1. The van der Waals surface area contributed by atoms with Gasteiger partial charge in [0.2, 0.25) is 5.91 Å². The van der Waals surface area contributed by atoms with Gasteiger partial charge >= 0.3 is 0 Å². The van der Waals surface area contributed by atoms with Gasteiger partial charge in [-0.25, -0.2) is 0 Å². The van der Waals surface area contributed by atoms with Crippen molar-refractivity contribution >= 4 is 11.6 Å². The summed E-state index contributed by atoms with van der Waals surface area (Å²) < 4.78 is 17.1. The Morgan fingerprint density at radius 1 is 1.19 bits per heavy atom. The molecule has 5 nitrogen and oxygen atoms in total. The van der Waals surface area contributed by atoms with Gasteiger partial charge in [-0.1, -0.05) is 18.2 Å². The number of rotatable bonds is 4. The van der Waals surface area contributed by atoms with Crippen molar-refractivity contribution in [2.45, 2.75) is 37.6 Å². The van der Waals surface area contributed by atoms with Crippen LogP contribution in [0, 0.1) is 0 Å². The number of anilines is 1. The van der Waals surface area contributed by atoms with Gasteiger partial charge in [0.15, 0.2) is 5.79 Å². The second-order valence-electron chi connectivity index (χ2n) is 5.53. The number of ether oxygens (including phenoxy) is 3. The number of carbonyl (C=O) groups excluding carboxylic acids is 1. The molecule has 2 aliphatic rings. The average Bonchev–Trinajstić information content (AvgIpc) is 2.96. The van der Waals surface area contributed by atoms with E-state index in [0.29, 0.717) is 13.2 Å². The average molecular weight is 291 g/mol. The zero-order valence-corrected chi connectivity index (χ0v) is 12.0. The molecule has 21 heavy (non-hydrogen) atoms. The predicted octanol–water partition coefficient (Wildman–Crippen LogP) is 2.33. The van der Waals surface area contributed by atoms with Crippen LogP contribution in [0.5, 0.6) is 0 Å². The van der Waals surface area contributed by atoms with Crippen molar-refractivity contribution in [2.24, 2.45) is 0 Å². The van der Waals surface area contributed by atoms with Crippen LogP contribution in [0.2, 0.25) is 0 Å². The SMILES string of the molecule is O=C(COC1CCC2(CC1)OCCO2)Nc1ccccc1. The Hall–Kier alpha value is -1.43. The molecule has 5 heteroatoms. The maximum Gasteiger partial charge on any atom is 0.250 e. The first kappa shape index (κ1) is 14.5. The molecule has 1 aromatic carbocycles. The largest absolute Gasteiger partial charge is 0.368 e. The fourth-order valence-electron chi connectivity index (χ4n) is 2.90. The van der Waals surface area contributed by atoms with Crippen molar-refractivity contribution in [3.63, 3.8) is 0 Å². The van der Waals surface area contributed by atoms with Crippen LogP contribution in [0.3, 0.4) is 0 Å². The molecule has 1 aliphatic heterocycles. The standard InChI is InChI=1S/C16H21NO4/c18-15(17-13-4-2-1-3-5-13)12-19-14-6-8-16(9-7-14)20-10-11-21-16/h1-5,14H,6-12H2,(H,17,18). The van der Waals surface area contributed by atoms with Crippen LogP contribution in [0.4, 0.5) is 5.69 Å². The Morgan fingerprint density at radius 2 is 1.86 bits per heavy atom. The molecule has 1 amide bonds. The van der Waals surface area contributed by atoms with E-state index in [1.165, 1.54) is 0 Å². The molecule has 2 fully saturated rings. The van der Waals surface area contributed by atoms with Gasteiger partial charge in [0.05, 0.1) is 19.3 Å². The van der Waals surface area contributed by atoms with Crippen LogP contribution in [0.15, 0.2) is 30.3 Å². The third kappa shape index (κ3) is 3.81. The number of nitrogens with one attached hydrogen (secondary N) is 1. The Balaban J connectivity index is 1.39. The number of hydrogen-bond acceptors (Lipinski definition) is 4. The van der Waals surface area contributed by atoms with Gasteiger partial charge in [-0.05, 0) is 25.0 Å². The minimum Gasteiger partial charge on any atom is -0.368 e. The van der Waals surface area contributed by atoms with Crippen LogP contribution in [-0.4, -0.2) is 37.6 Å². The summed E-state index contributed by atoms with van der Waals surface area (Å²) in [4.78, 5) is 11.8. The van der Waals surface area contributed by atoms with E-state index in [1.807, 2.05) is 30.3 Å².